The fourth-order valence-corrected chi connectivity index (χ4v) is 1.63. The number of benzene rings is 1. The topological polar surface area (TPSA) is 55.1 Å². The molecule has 0 heterocycles. The van der Waals surface area contributed by atoms with E-state index in [1.807, 2.05) is 6.92 Å². The molecule has 1 aromatic rings. The summed E-state index contributed by atoms with van der Waals surface area (Å²) in [5.74, 6) is -1.62. The normalized spacial score (nSPS) is 22.9. The van der Waals surface area contributed by atoms with Crippen molar-refractivity contribution in [3.8, 4) is 0 Å². The number of anilines is 2. The molecular weight excluding hydrogens is 214 g/mol. The molecule has 3 nitrogen and oxygen atoms in total. The van der Waals surface area contributed by atoms with Gasteiger partial charge in [-0.3, -0.25) is 4.79 Å². The molecule has 2 atom stereocenters. The Kier molecular flexibility index (Phi) is 2.53. The van der Waals surface area contributed by atoms with Gasteiger partial charge in [-0.25, -0.2) is 8.78 Å². The molecule has 0 radical (unpaired) electrons. The van der Waals surface area contributed by atoms with E-state index in [4.69, 9.17) is 5.73 Å². The third-order valence-electron chi connectivity index (χ3n) is 2.78. The van der Waals surface area contributed by atoms with Crippen molar-refractivity contribution in [1.82, 2.24) is 0 Å². The number of rotatable bonds is 2. The number of hydrogen-bond acceptors (Lipinski definition) is 2. The van der Waals surface area contributed by atoms with Crippen LogP contribution in [-0.4, -0.2) is 5.91 Å². The largest absolute Gasteiger partial charge is 0.397 e. The highest BCUT2D eigenvalue weighted by Crippen LogP contribution is 2.39. The quantitative estimate of drug-likeness (QED) is 0.759. The lowest BCUT2D eigenvalue weighted by atomic mass is 10.2. The van der Waals surface area contributed by atoms with E-state index in [0.29, 0.717) is 12.0 Å². The highest BCUT2D eigenvalue weighted by molar-refractivity contribution is 5.97. The molecule has 16 heavy (non-hydrogen) atoms. The van der Waals surface area contributed by atoms with Crippen LogP contribution in [0.15, 0.2) is 12.1 Å². The summed E-state index contributed by atoms with van der Waals surface area (Å²) in [6.07, 6.45) is 0.800. The predicted octanol–water partition coefficient (Wildman–Crippen LogP) is 2.14. The predicted molar refractivity (Wildman–Crippen MR) is 56.7 cm³/mol. The molecule has 0 spiro atoms. The van der Waals surface area contributed by atoms with Crippen molar-refractivity contribution in [2.75, 3.05) is 11.1 Å². The van der Waals surface area contributed by atoms with Crippen LogP contribution < -0.4 is 11.1 Å². The number of carbonyl (C=O) groups is 1. The van der Waals surface area contributed by atoms with Gasteiger partial charge in [0, 0.05) is 12.0 Å². The van der Waals surface area contributed by atoms with Gasteiger partial charge in [0.1, 0.15) is 11.5 Å². The van der Waals surface area contributed by atoms with E-state index in [-0.39, 0.29) is 23.2 Å². The van der Waals surface area contributed by atoms with E-state index in [2.05, 4.69) is 5.32 Å². The van der Waals surface area contributed by atoms with Crippen LogP contribution in [0.3, 0.4) is 0 Å². The fourth-order valence-electron chi connectivity index (χ4n) is 1.63. The lowest BCUT2D eigenvalue weighted by Crippen LogP contribution is -2.16. The number of nitrogen functional groups attached to an aromatic ring is 1. The minimum absolute atomic E-state index is 0.0798. The summed E-state index contributed by atoms with van der Waals surface area (Å²) < 4.78 is 26.1. The molecule has 1 aliphatic rings. The summed E-state index contributed by atoms with van der Waals surface area (Å²) in [5, 5.41) is 2.39. The van der Waals surface area contributed by atoms with Crippen molar-refractivity contribution >= 4 is 17.3 Å². The molecule has 2 unspecified atom stereocenters. The first-order chi connectivity index (χ1) is 7.49. The van der Waals surface area contributed by atoms with Crippen LogP contribution in [0, 0.1) is 23.5 Å². The molecular formula is C11H12F2N2O. The maximum Gasteiger partial charge on any atom is 0.227 e. The molecule has 0 saturated heterocycles. The third kappa shape index (κ3) is 1.98. The molecule has 1 saturated carbocycles. The molecule has 1 aliphatic carbocycles. The monoisotopic (exact) mass is 226 g/mol. The number of nitrogens with two attached hydrogens (primary N) is 1. The van der Waals surface area contributed by atoms with Crippen LogP contribution in [0.4, 0.5) is 20.2 Å². The van der Waals surface area contributed by atoms with Crippen molar-refractivity contribution in [2.24, 2.45) is 11.8 Å². The minimum Gasteiger partial charge on any atom is -0.397 e. The molecule has 3 N–H and O–H groups in total. The Morgan fingerprint density at radius 2 is 2.12 bits per heavy atom. The first-order valence-corrected chi connectivity index (χ1v) is 5.04. The van der Waals surface area contributed by atoms with Gasteiger partial charge in [-0.2, -0.15) is 0 Å². The first-order valence-electron chi connectivity index (χ1n) is 5.04. The Balaban J connectivity index is 2.18. The maximum atomic E-state index is 13.3. The van der Waals surface area contributed by atoms with Crippen LogP contribution in [0.1, 0.15) is 13.3 Å². The second-order valence-electron chi connectivity index (χ2n) is 4.16. The van der Waals surface area contributed by atoms with E-state index in [1.165, 1.54) is 0 Å². The molecule has 2 rings (SSSR count). The van der Waals surface area contributed by atoms with Gasteiger partial charge in [-0.15, -0.1) is 0 Å². The summed E-state index contributed by atoms with van der Waals surface area (Å²) >= 11 is 0. The molecule has 0 aliphatic heterocycles. The molecule has 1 fully saturated rings. The second kappa shape index (κ2) is 3.73. The summed E-state index contributed by atoms with van der Waals surface area (Å²) in [7, 11) is 0. The lowest BCUT2D eigenvalue weighted by molar-refractivity contribution is -0.117. The Labute approximate surface area is 91.6 Å². The van der Waals surface area contributed by atoms with Crippen LogP contribution in [-0.2, 0) is 4.79 Å². The fraction of sp³-hybridized carbons (Fsp3) is 0.364. The molecule has 1 amide bonds. The van der Waals surface area contributed by atoms with Crippen LogP contribution in [0.5, 0.6) is 0 Å². The van der Waals surface area contributed by atoms with Crippen LogP contribution in [0.25, 0.3) is 0 Å². The van der Waals surface area contributed by atoms with E-state index in [1.54, 1.807) is 0 Å². The number of halogens is 2. The minimum atomic E-state index is -0.848. The van der Waals surface area contributed by atoms with E-state index in [0.717, 1.165) is 12.5 Å². The number of carbonyl (C=O) groups excluding carboxylic acids is 1. The van der Waals surface area contributed by atoms with Crippen molar-refractivity contribution in [2.45, 2.75) is 13.3 Å². The molecule has 86 valence electrons. The standard InChI is InChI=1S/C11H12F2N2O/c1-5-2-7(5)11(16)15-10-8(13)3-6(12)4-9(10)14/h3-5,7H,2,14H2,1H3,(H,15,16). The van der Waals surface area contributed by atoms with Crippen molar-refractivity contribution in [1.29, 1.82) is 0 Å². The second-order valence-corrected chi connectivity index (χ2v) is 4.16. The highest BCUT2D eigenvalue weighted by atomic mass is 19.1. The zero-order chi connectivity index (χ0) is 11.9. The Bertz CT molecular complexity index is 425. The summed E-state index contributed by atoms with van der Waals surface area (Å²) in [6.45, 7) is 1.94. The lowest BCUT2D eigenvalue weighted by Gasteiger charge is -2.09. The Morgan fingerprint density at radius 3 is 2.62 bits per heavy atom. The zero-order valence-corrected chi connectivity index (χ0v) is 8.76. The summed E-state index contributed by atoms with van der Waals surface area (Å²) in [4.78, 5) is 11.5. The maximum absolute atomic E-state index is 13.3. The Hall–Kier alpha value is -1.65. The van der Waals surface area contributed by atoms with Gasteiger partial charge in [0.2, 0.25) is 5.91 Å². The van der Waals surface area contributed by atoms with Crippen molar-refractivity contribution in [3.05, 3.63) is 23.8 Å². The SMILES string of the molecule is CC1CC1C(=O)Nc1c(N)cc(F)cc1F. The van der Waals surface area contributed by atoms with Crippen LogP contribution in [0.2, 0.25) is 0 Å². The average Bonchev–Trinajstić information content (AvgIpc) is 2.88. The van der Waals surface area contributed by atoms with Gasteiger partial charge in [0.05, 0.1) is 5.69 Å². The van der Waals surface area contributed by atoms with Gasteiger partial charge in [0.15, 0.2) is 5.82 Å². The highest BCUT2D eigenvalue weighted by Gasteiger charge is 2.39. The number of amides is 1. The van der Waals surface area contributed by atoms with Crippen molar-refractivity contribution < 1.29 is 13.6 Å². The molecule has 1 aromatic carbocycles. The van der Waals surface area contributed by atoms with Gasteiger partial charge < -0.3 is 11.1 Å². The molecule has 0 aromatic heterocycles. The van der Waals surface area contributed by atoms with Gasteiger partial charge in [-0.05, 0) is 18.4 Å². The molecule has 5 heteroatoms. The van der Waals surface area contributed by atoms with E-state index >= 15 is 0 Å². The van der Waals surface area contributed by atoms with Gasteiger partial charge in [0.25, 0.3) is 0 Å². The Morgan fingerprint density at radius 1 is 1.50 bits per heavy atom. The smallest absolute Gasteiger partial charge is 0.227 e. The van der Waals surface area contributed by atoms with E-state index < -0.39 is 11.6 Å². The number of hydrogen-bond donors (Lipinski definition) is 2. The third-order valence-corrected chi connectivity index (χ3v) is 2.78. The number of nitrogens with one attached hydrogen (secondary N) is 1. The van der Waals surface area contributed by atoms with Crippen molar-refractivity contribution in [3.63, 3.8) is 0 Å². The summed E-state index contributed by atoms with van der Waals surface area (Å²) in [5.41, 5.74) is 5.20. The van der Waals surface area contributed by atoms with Crippen LogP contribution >= 0.6 is 0 Å². The average molecular weight is 226 g/mol. The van der Waals surface area contributed by atoms with E-state index in [9.17, 15) is 13.6 Å². The van der Waals surface area contributed by atoms with Gasteiger partial charge in [-0.1, -0.05) is 6.92 Å². The molecule has 0 bridgehead atoms. The summed E-state index contributed by atoms with van der Waals surface area (Å²) in [6, 6.07) is 1.68. The van der Waals surface area contributed by atoms with Gasteiger partial charge >= 0.3 is 0 Å². The first kappa shape index (κ1) is 10.9. The zero-order valence-electron chi connectivity index (χ0n) is 8.76.